The van der Waals surface area contributed by atoms with Gasteiger partial charge in [0.1, 0.15) is 0 Å². The van der Waals surface area contributed by atoms with Crippen molar-refractivity contribution >= 4 is 0 Å². The van der Waals surface area contributed by atoms with Crippen molar-refractivity contribution in [1.29, 1.82) is 0 Å². The number of rotatable bonds is 38. The van der Waals surface area contributed by atoms with E-state index in [9.17, 15) is 10.2 Å². The van der Waals surface area contributed by atoms with Gasteiger partial charge in [0, 0.05) is 12.1 Å². The molecule has 0 radical (unpaired) electrons. The van der Waals surface area contributed by atoms with Gasteiger partial charge in [0.15, 0.2) is 23.0 Å². The fourth-order valence-corrected chi connectivity index (χ4v) is 6.46. The molecule has 0 heterocycles. The summed E-state index contributed by atoms with van der Waals surface area (Å²) in [6.07, 6.45) is 24.5. The second kappa shape index (κ2) is 32.6. The van der Waals surface area contributed by atoms with Crippen molar-refractivity contribution in [2.24, 2.45) is 0 Å². The SMILES string of the molecule is CCCCCCOc1cc(O)c(OCCCCCC)c(OCCCCCC)c1Oc1c(OCCCCCC)cc(O)c(OCCCCCC)c1OCCCCCC. The lowest BCUT2D eigenvalue weighted by molar-refractivity contribution is 0.219. The fourth-order valence-electron chi connectivity index (χ4n) is 6.46. The van der Waals surface area contributed by atoms with Crippen molar-refractivity contribution < 1.29 is 43.4 Å². The number of benzene rings is 2. The maximum atomic E-state index is 11.5. The average molecular weight is 803 g/mol. The van der Waals surface area contributed by atoms with Crippen LogP contribution in [0.2, 0.25) is 0 Å². The Morgan fingerprint density at radius 1 is 0.298 bits per heavy atom. The van der Waals surface area contributed by atoms with Gasteiger partial charge in [-0.25, -0.2) is 0 Å². The third kappa shape index (κ3) is 19.8. The van der Waals surface area contributed by atoms with Gasteiger partial charge in [0.25, 0.3) is 0 Å². The zero-order valence-electron chi connectivity index (χ0n) is 37.1. The van der Waals surface area contributed by atoms with Crippen LogP contribution < -0.4 is 33.2 Å². The summed E-state index contributed by atoms with van der Waals surface area (Å²) in [7, 11) is 0. The number of aromatic hydroxyl groups is 2. The maximum Gasteiger partial charge on any atom is 0.215 e. The Labute approximate surface area is 347 Å². The maximum absolute atomic E-state index is 11.5. The number of phenols is 2. The number of phenolic OH excluding ortho intramolecular Hbond substituents is 2. The summed E-state index contributed by atoms with van der Waals surface area (Å²) >= 11 is 0. The first-order valence-corrected chi connectivity index (χ1v) is 23.2. The van der Waals surface area contributed by atoms with Crippen molar-refractivity contribution in [1.82, 2.24) is 0 Å². The summed E-state index contributed by atoms with van der Waals surface area (Å²) in [5, 5.41) is 23.1. The molecular weight excluding hydrogens is 721 g/mol. The molecule has 328 valence electrons. The molecule has 0 fully saturated rings. The van der Waals surface area contributed by atoms with Crippen molar-refractivity contribution in [3.8, 4) is 57.5 Å². The molecule has 2 aromatic rings. The summed E-state index contributed by atoms with van der Waals surface area (Å²) in [5.41, 5.74) is 0. The molecule has 2 rings (SSSR count). The second-order valence-corrected chi connectivity index (χ2v) is 15.3. The Kier molecular flexibility index (Phi) is 28.5. The summed E-state index contributed by atoms with van der Waals surface area (Å²) < 4.78 is 45.7. The third-order valence-electron chi connectivity index (χ3n) is 9.97. The standard InChI is InChI=1S/C48H82O9/c1-7-13-19-25-31-51-41-37-39(49)43(53-33-27-21-15-9-3)47(55-35-29-23-17-11-5)45(41)57-46-42(52-32-26-20-14-8-2)38-40(50)44(54-34-28-22-16-10-4)48(46)56-36-30-24-18-12-6/h37-38,49-50H,7-36H2,1-6H3. The summed E-state index contributed by atoms with van der Waals surface area (Å²) in [6.45, 7) is 15.6. The second-order valence-electron chi connectivity index (χ2n) is 15.3. The highest BCUT2D eigenvalue weighted by atomic mass is 16.6. The van der Waals surface area contributed by atoms with E-state index in [1.807, 2.05) is 0 Å². The Bertz CT molecular complexity index is 1200. The van der Waals surface area contributed by atoms with Gasteiger partial charge in [0.05, 0.1) is 39.6 Å². The molecule has 0 aromatic heterocycles. The van der Waals surface area contributed by atoms with Crippen LogP contribution in [0.15, 0.2) is 12.1 Å². The molecule has 2 N–H and O–H groups in total. The van der Waals surface area contributed by atoms with Gasteiger partial charge < -0.3 is 43.4 Å². The molecule has 0 saturated heterocycles. The van der Waals surface area contributed by atoms with E-state index in [2.05, 4.69) is 41.5 Å². The zero-order valence-corrected chi connectivity index (χ0v) is 37.1. The van der Waals surface area contributed by atoms with E-state index >= 15 is 0 Å². The van der Waals surface area contributed by atoms with Gasteiger partial charge in [-0.05, 0) is 38.5 Å². The molecule has 0 aliphatic heterocycles. The molecule has 0 spiro atoms. The molecule has 0 saturated carbocycles. The van der Waals surface area contributed by atoms with E-state index < -0.39 is 0 Å². The normalized spacial score (nSPS) is 11.1. The van der Waals surface area contributed by atoms with Crippen LogP contribution in [0.3, 0.4) is 0 Å². The van der Waals surface area contributed by atoms with Gasteiger partial charge in [0.2, 0.25) is 34.5 Å². The molecule has 0 unspecified atom stereocenters. The Hall–Kier alpha value is -3.36. The third-order valence-corrected chi connectivity index (χ3v) is 9.97. The highest BCUT2D eigenvalue weighted by molar-refractivity contribution is 5.70. The van der Waals surface area contributed by atoms with Gasteiger partial charge in [-0.1, -0.05) is 157 Å². The molecule has 0 amide bonds. The summed E-state index contributed by atoms with van der Waals surface area (Å²) in [5.74, 6) is 2.11. The zero-order chi connectivity index (χ0) is 41.4. The smallest absolute Gasteiger partial charge is 0.215 e. The molecule has 9 heteroatoms. The van der Waals surface area contributed by atoms with Crippen LogP contribution in [0, 0.1) is 0 Å². The molecule has 0 aliphatic carbocycles. The molecule has 0 bridgehead atoms. The fraction of sp³-hybridized carbons (Fsp3) is 0.750. The molecule has 2 aromatic carbocycles. The topological polar surface area (TPSA) is 105 Å². The lowest BCUT2D eigenvalue weighted by Crippen LogP contribution is -2.09. The van der Waals surface area contributed by atoms with Crippen LogP contribution in [0.1, 0.15) is 196 Å². The number of ether oxygens (including phenoxy) is 7. The minimum atomic E-state index is -0.0634. The Morgan fingerprint density at radius 2 is 0.544 bits per heavy atom. The molecule has 57 heavy (non-hydrogen) atoms. The van der Waals surface area contributed by atoms with Crippen LogP contribution in [-0.4, -0.2) is 49.9 Å². The van der Waals surface area contributed by atoms with E-state index in [1.54, 1.807) is 12.1 Å². The lowest BCUT2D eigenvalue weighted by atomic mass is 10.2. The lowest BCUT2D eigenvalue weighted by Gasteiger charge is -2.24. The minimum absolute atomic E-state index is 0.0634. The van der Waals surface area contributed by atoms with E-state index in [4.69, 9.17) is 33.2 Å². The first-order chi connectivity index (χ1) is 28.0. The number of hydrogen-bond acceptors (Lipinski definition) is 9. The highest BCUT2D eigenvalue weighted by Crippen LogP contribution is 2.57. The van der Waals surface area contributed by atoms with E-state index in [-0.39, 0.29) is 46.0 Å². The molecular formula is C48H82O9. The van der Waals surface area contributed by atoms with E-state index in [0.29, 0.717) is 51.1 Å². The van der Waals surface area contributed by atoms with Gasteiger partial charge >= 0.3 is 0 Å². The van der Waals surface area contributed by atoms with Crippen LogP contribution in [0.5, 0.6) is 57.5 Å². The van der Waals surface area contributed by atoms with Crippen LogP contribution >= 0.6 is 0 Å². The first kappa shape index (κ1) is 49.8. The van der Waals surface area contributed by atoms with Crippen molar-refractivity contribution in [3.05, 3.63) is 12.1 Å². The predicted octanol–water partition coefficient (Wildman–Crippen LogP) is 14.6. The van der Waals surface area contributed by atoms with Crippen LogP contribution in [-0.2, 0) is 0 Å². The van der Waals surface area contributed by atoms with Gasteiger partial charge in [-0.3, -0.25) is 0 Å². The molecule has 0 atom stereocenters. The Balaban J connectivity index is 2.81. The first-order valence-electron chi connectivity index (χ1n) is 23.2. The van der Waals surface area contributed by atoms with Crippen LogP contribution in [0.25, 0.3) is 0 Å². The van der Waals surface area contributed by atoms with Crippen molar-refractivity contribution in [3.63, 3.8) is 0 Å². The molecule has 0 aliphatic rings. The monoisotopic (exact) mass is 803 g/mol. The highest BCUT2D eigenvalue weighted by Gasteiger charge is 2.30. The summed E-state index contributed by atoms with van der Waals surface area (Å²) in [4.78, 5) is 0. The summed E-state index contributed by atoms with van der Waals surface area (Å²) in [6, 6.07) is 3.14. The number of hydrogen-bond donors (Lipinski definition) is 2. The minimum Gasteiger partial charge on any atom is -0.504 e. The predicted molar refractivity (Wildman–Crippen MR) is 234 cm³/mol. The van der Waals surface area contributed by atoms with Gasteiger partial charge in [-0.15, -0.1) is 0 Å². The van der Waals surface area contributed by atoms with E-state index in [1.165, 1.54) is 0 Å². The number of unbranched alkanes of at least 4 members (excludes halogenated alkanes) is 18. The quantitative estimate of drug-likeness (QED) is 0.0642. The van der Waals surface area contributed by atoms with E-state index in [0.717, 1.165) is 154 Å². The average Bonchev–Trinajstić information content (AvgIpc) is 3.20. The Morgan fingerprint density at radius 3 is 0.807 bits per heavy atom. The van der Waals surface area contributed by atoms with Crippen molar-refractivity contribution in [2.75, 3.05) is 39.6 Å². The largest absolute Gasteiger partial charge is 0.504 e. The molecule has 9 nitrogen and oxygen atoms in total. The van der Waals surface area contributed by atoms with Crippen LogP contribution in [0.4, 0.5) is 0 Å². The van der Waals surface area contributed by atoms with Gasteiger partial charge in [-0.2, -0.15) is 0 Å². The van der Waals surface area contributed by atoms with Crippen molar-refractivity contribution in [2.45, 2.75) is 196 Å².